The number of hydrogen-bond donors (Lipinski definition) is 0. The second kappa shape index (κ2) is 3.06. The van der Waals surface area contributed by atoms with Gasteiger partial charge in [0.15, 0.2) is 0 Å². The Morgan fingerprint density at radius 2 is 1.91 bits per heavy atom. The largest absolute Gasteiger partial charge is 0.370 e. The quantitative estimate of drug-likeness (QED) is 0.411. The average molecular weight is 160 g/mol. The molecule has 2 fully saturated rings. The number of epoxide rings is 2. The highest BCUT2D eigenvalue weighted by molar-refractivity contribution is 4.91. The van der Waals surface area contributed by atoms with Gasteiger partial charge in [0.1, 0.15) is 25.1 Å². The van der Waals surface area contributed by atoms with E-state index in [-0.39, 0.29) is 18.3 Å². The molecule has 0 amide bonds. The molecule has 3 atom stereocenters. The van der Waals surface area contributed by atoms with Crippen LogP contribution in [-0.4, -0.2) is 45.4 Å². The maximum atomic E-state index is 5.37. The minimum Gasteiger partial charge on any atom is -0.370 e. The molecule has 0 aromatic heterocycles. The fourth-order valence-corrected chi connectivity index (χ4v) is 1.09. The molecule has 2 aliphatic heterocycles. The van der Waals surface area contributed by atoms with Crippen LogP contribution in [-0.2, 0) is 18.9 Å². The highest BCUT2D eigenvalue weighted by atomic mass is 16.7. The number of methoxy groups -OCH3 is 1. The van der Waals surface area contributed by atoms with Crippen molar-refractivity contribution in [3.05, 3.63) is 0 Å². The first-order valence-electron chi connectivity index (χ1n) is 3.75. The monoisotopic (exact) mass is 160 g/mol. The minimum atomic E-state index is 0.0925. The SMILES string of the molecule is COCOC(C1CO1)[C@@H]1CO1. The Kier molecular flexibility index (Phi) is 2.09. The summed E-state index contributed by atoms with van der Waals surface area (Å²) in [6.45, 7) is 1.92. The summed E-state index contributed by atoms with van der Waals surface area (Å²) in [7, 11) is 1.61. The summed E-state index contributed by atoms with van der Waals surface area (Å²) in [5.74, 6) is 0. The van der Waals surface area contributed by atoms with Crippen LogP contribution in [0.5, 0.6) is 0 Å². The standard InChI is InChI=1S/C7H12O4/c1-8-4-11-7(5-2-9-5)6-3-10-6/h5-7H,2-4H2,1H3/t5-,6?,7?/m0/s1. The van der Waals surface area contributed by atoms with E-state index in [1.165, 1.54) is 0 Å². The van der Waals surface area contributed by atoms with E-state index in [0.29, 0.717) is 6.79 Å². The smallest absolute Gasteiger partial charge is 0.146 e. The maximum absolute atomic E-state index is 5.37. The molecule has 0 saturated carbocycles. The topological polar surface area (TPSA) is 43.5 Å². The van der Waals surface area contributed by atoms with Crippen LogP contribution in [0.1, 0.15) is 0 Å². The molecule has 4 nitrogen and oxygen atoms in total. The van der Waals surface area contributed by atoms with E-state index in [1.54, 1.807) is 7.11 Å². The highest BCUT2D eigenvalue weighted by Crippen LogP contribution is 2.27. The molecule has 0 aromatic carbocycles. The van der Waals surface area contributed by atoms with Gasteiger partial charge in [-0.15, -0.1) is 0 Å². The maximum Gasteiger partial charge on any atom is 0.146 e. The lowest BCUT2D eigenvalue weighted by molar-refractivity contribution is -0.0871. The van der Waals surface area contributed by atoms with Crippen LogP contribution in [0.3, 0.4) is 0 Å². The molecule has 2 rings (SSSR count). The van der Waals surface area contributed by atoms with Crippen molar-refractivity contribution in [2.75, 3.05) is 27.1 Å². The van der Waals surface area contributed by atoms with Crippen LogP contribution in [0.2, 0.25) is 0 Å². The first-order valence-corrected chi connectivity index (χ1v) is 3.75. The average Bonchev–Trinajstić information content (AvgIpc) is 2.85. The van der Waals surface area contributed by atoms with Crippen LogP contribution in [0.25, 0.3) is 0 Å². The number of ether oxygens (including phenoxy) is 4. The molecule has 0 aliphatic carbocycles. The van der Waals surface area contributed by atoms with Gasteiger partial charge in [0, 0.05) is 7.11 Å². The van der Waals surface area contributed by atoms with E-state index in [2.05, 4.69) is 0 Å². The number of hydrogen-bond acceptors (Lipinski definition) is 4. The summed E-state index contributed by atoms with van der Waals surface area (Å²) in [5, 5.41) is 0. The molecule has 0 bridgehead atoms. The van der Waals surface area contributed by atoms with Crippen molar-refractivity contribution < 1.29 is 18.9 Å². The van der Waals surface area contributed by atoms with Crippen molar-refractivity contribution in [2.45, 2.75) is 18.3 Å². The fourth-order valence-electron chi connectivity index (χ4n) is 1.09. The van der Waals surface area contributed by atoms with E-state index in [0.717, 1.165) is 13.2 Å². The molecule has 11 heavy (non-hydrogen) atoms. The zero-order chi connectivity index (χ0) is 7.68. The van der Waals surface area contributed by atoms with E-state index in [9.17, 15) is 0 Å². The lowest BCUT2D eigenvalue weighted by Crippen LogP contribution is -2.27. The third kappa shape index (κ3) is 1.90. The third-order valence-electron chi connectivity index (χ3n) is 1.83. The van der Waals surface area contributed by atoms with Crippen LogP contribution in [0.4, 0.5) is 0 Å². The molecule has 2 saturated heterocycles. The first-order chi connectivity index (χ1) is 5.42. The molecule has 0 aromatic rings. The molecular formula is C7H12O4. The van der Waals surface area contributed by atoms with Gasteiger partial charge in [0.2, 0.25) is 0 Å². The van der Waals surface area contributed by atoms with Crippen LogP contribution in [0, 0.1) is 0 Å². The van der Waals surface area contributed by atoms with Crippen molar-refractivity contribution in [1.82, 2.24) is 0 Å². The second-order valence-electron chi connectivity index (χ2n) is 2.78. The Morgan fingerprint density at radius 3 is 2.27 bits per heavy atom. The van der Waals surface area contributed by atoms with Gasteiger partial charge in [-0.2, -0.15) is 0 Å². The fraction of sp³-hybridized carbons (Fsp3) is 1.00. The van der Waals surface area contributed by atoms with Gasteiger partial charge in [-0.05, 0) is 0 Å². The Morgan fingerprint density at radius 1 is 1.36 bits per heavy atom. The van der Waals surface area contributed by atoms with Gasteiger partial charge in [-0.25, -0.2) is 0 Å². The zero-order valence-corrected chi connectivity index (χ0v) is 6.49. The molecule has 0 N–H and O–H groups in total. The van der Waals surface area contributed by atoms with Crippen LogP contribution < -0.4 is 0 Å². The van der Waals surface area contributed by atoms with Gasteiger partial charge in [0.05, 0.1) is 13.2 Å². The molecule has 0 spiro atoms. The van der Waals surface area contributed by atoms with Crippen molar-refractivity contribution in [3.63, 3.8) is 0 Å². The normalized spacial score (nSPS) is 36.8. The van der Waals surface area contributed by atoms with E-state index < -0.39 is 0 Å². The lowest BCUT2D eigenvalue weighted by Gasteiger charge is -2.11. The summed E-state index contributed by atoms with van der Waals surface area (Å²) in [4.78, 5) is 0. The zero-order valence-electron chi connectivity index (χ0n) is 6.49. The van der Waals surface area contributed by atoms with Crippen molar-refractivity contribution >= 4 is 0 Å². The van der Waals surface area contributed by atoms with Crippen LogP contribution in [0.15, 0.2) is 0 Å². The molecule has 2 unspecified atom stereocenters. The minimum absolute atomic E-state index is 0.0925. The van der Waals surface area contributed by atoms with Crippen molar-refractivity contribution in [1.29, 1.82) is 0 Å². The third-order valence-corrected chi connectivity index (χ3v) is 1.83. The molecule has 0 radical (unpaired) electrons. The van der Waals surface area contributed by atoms with E-state index in [1.807, 2.05) is 0 Å². The molecule has 64 valence electrons. The summed E-state index contributed by atoms with van der Waals surface area (Å²) < 4.78 is 20.4. The van der Waals surface area contributed by atoms with Gasteiger partial charge in [-0.3, -0.25) is 0 Å². The van der Waals surface area contributed by atoms with Gasteiger partial charge in [-0.1, -0.05) is 0 Å². The van der Waals surface area contributed by atoms with Gasteiger partial charge >= 0.3 is 0 Å². The first kappa shape index (κ1) is 7.49. The van der Waals surface area contributed by atoms with Crippen LogP contribution >= 0.6 is 0 Å². The molecular weight excluding hydrogens is 148 g/mol. The summed E-state index contributed by atoms with van der Waals surface area (Å²) >= 11 is 0. The Bertz CT molecular complexity index is 118. The van der Waals surface area contributed by atoms with Gasteiger partial charge in [0.25, 0.3) is 0 Å². The Hall–Kier alpha value is -0.160. The Balaban J connectivity index is 1.73. The summed E-state index contributed by atoms with van der Waals surface area (Å²) in [5.41, 5.74) is 0. The summed E-state index contributed by atoms with van der Waals surface area (Å²) in [6, 6.07) is 0. The van der Waals surface area contributed by atoms with E-state index >= 15 is 0 Å². The predicted molar refractivity (Wildman–Crippen MR) is 36.2 cm³/mol. The molecule has 2 heterocycles. The van der Waals surface area contributed by atoms with Crippen molar-refractivity contribution in [3.8, 4) is 0 Å². The highest BCUT2D eigenvalue weighted by Gasteiger charge is 2.45. The lowest BCUT2D eigenvalue weighted by atomic mass is 10.2. The second-order valence-corrected chi connectivity index (χ2v) is 2.78. The predicted octanol–water partition coefficient (Wildman–Crippen LogP) is -0.227. The van der Waals surface area contributed by atoms with E-state index in [4.69, 9.17) is 18.9 Å². The Labute approximate surface area is 65.4 Å². The summed E-state index contributed by atoms with van der Waals surface area (Å²) in [6.07, 6.45) is 0.588. The van der Waals surface area contributed by atoms with Gasteiger partial charge < -0.3 is 18.9 Å². The number of rotatable bonds is 5. The van der Waals surface area contributed by atoms with Crippen molar-refractivity contribution in [2.24, 2.45) is 0 Å². The molecule has 4 heteroatoms. The molecule has 2 aliphatic rings.